The van der Waals surface area contributed by atoms with Gasteiger partial charge in [-0.15, -0.1) is 0 Å². The number of nitrogens with zero attached hydrogens (tertiary/aromatic N) is 2. The van der Waals surface area contributed by atoms with Crippen LogP contribution >= 0.6 is 11.6 Å². The number of anilines is 1. The molecule has 0 spiro atoms. The summed E-state index contributed by atoms with van der Waals surface area (Å²) >= 11 is 6.24. The Bertz CT molecular complexity index is 938. The topological polar surface area (TPSA) is 83.7 Å². The number of sulfonamides is 1. The average molecular weight is 394 g/mol. The minimum Gasteiger partial charge on any atom is -0.367 e. The van der Waals surface area contributed by atoms with Gasteiger partial charge in [-0.2, -0.15) is 0 Å². The van der Waals surface area contributed by atoms with Crippen LogP contribution in [0.25, 0.3) is 0 Å². The molecule has 0 bridgehead atoms. The van der Waals surface area contributed by atoms with E-state index in [-0.39, 0.29) is 10.8 Å². The lowest BCUT2D eigenvalue weighted by Gasteiger charge is -2.36. The van der Waals surface area contributed by atoms with E-state index in [2.05, 4.69) is 4.90 Å². The molecule has 1 aliphatic heterocycles. The molecule has 2 aromatic carbocycles. The highest BCUT2D eigenvalue weighted by molar-refractivity contribution is 7.89. The lowest BCUT2D eigenvalue weighted by atomic mass is 10.1. The number of rotatable bonds is 3. The maximum Gasteiger partial charge on any atom is 0.254 e. The molecule has 0 aliphatic carbocycles. The van der Waals surface area contributed by atoms with Crippen LogP contribution in [0.2, 0.25) is 5.02 Å². The normalized spacial score (nSPS) is 15.2. The minimum absolute atomic E-state index is 0.0545. The summed E-state index contributed by atoms with van der Waals surface area (Å²) < 4.78 is 23.1. The van der Waals surface area contributed by atoms with E-state index in [9.17, 15) is 13.2 Å². The van der Waals surface area contributed by atoms with Gasteiger partial charge in [0.25, 0.3) is 5.91 Å². The Morgan fingerprint density at radius 3 is 2.35 bits per heavy atom. The van der Waals surface area contributed by atoms with Gasteiger partial charge < -0.3 is 9.80 Å². The van der Waals surface area contributed by atoms with E-state index < -0.39 is 10.0 Å². The van der Waals surface area contributed by atoms with Crippen LogP contribution in [0.5, 0.6) is 0 Å². The molecule has 1 fully saturated rings. The van der Waals surface area contributed by atoms with Gasteiger partial charge in [-0.05, 0) is 36.8 Å². The van der Waals surface area contributed by atoms with Crippen LogP contribution in [0.3, 0.4) is 0 Å². The molecule has 2 aromatic rings. The Morgan fingerprint density at radius 1 is 1.08 bits per heavy atom. The molecule has 1 heterocycles. The molecule has 8 heteroatoms. The van der Waals surface area contributed by atoms with Crippen molar-refractivity contribution in [2.45, 2.75) is 11.8 Å². The van der Waals surface area contributed by atoms with Crippen molar-refractivity contribution in [3.05, 3.63) is 58.6 Å². The third-order valence-electron chi connectivity index (χ3n) is 4.53. The number of primary sulfonamides is 1. The summed E-state index contributed by atoms with van der Waals surface area (Å²) in [6.45, 7) is 4.15. The number of piperazine rings is 1. The SMILES string of the molecule is Cc1ccc(S(N)(=O)=O)cc1C(=O)N1CCN(c2ccccc2Cl)CC1. The molecular weight excluding hydrogens is 374 g/mol. The van der Waals surface area contributed by atoms with Gasteiger partial charge in [-0.3, -0.25) is 4.79 Å². The number of benzene rings is 2. The number of para-hydroxylation sites is 1. The highest BCUT2D eigenvalue weighted by Gasteiger charge is 2.25. The van der Waals surface area contributed by atoms with Gasteiger partial charge in [0.2, 0.25) is 10.0 Å². The molecule has 138 valence electrons. The number of hydrogen-bond donors (Lipinski definition) is 1. The molecule has 2 N–H and O–H groups in total. The highest BCUT2D eigenvalue weighted by Crippen LogP contribution is 2.26. The summed E-state index contributed by atoms with van der Waals surface area (Å²) in [4.78, 5) is 16.7. The number of amides is 1. The predicted molar refractivity (Wildman–Crippen MR) is 102 cm³/mol. The lowest BCUT2D eigenvalue weighted by molar-refractivity contribution is 0.0746. The third-order valence-corrected chi connectivity index (χ3v) is 5.76. The zero-order valence-electron chi connectivity index (χ0n) is 14.4. The first kappa shape index (κ1) is 18.7. The second-order valence-corrected chi connectivity index (χ2v) is 8.22. The minimum atomic E-state index is -3.85. The molecule has 26 heavy (non-hydrogen) atoms. The van der Waals surface area contributed by atoms with Gasteiger partial charge in [0.1, 0.15) is 0 Å². The van der Waals surface area contributed by atoms with Crippen molar-refractivity contribution in [1.29, 1.82) is 0 Å². The Morgan fingerprint density at radius 2 is 1.73 bits per heavy atom. The first-order valence-corrected chi connectivity index (χ1v) is 10.1. The van der Waals surface area contributed by atoms with Crippen LogP contribution < -0.4 is 10.0 Å². The van der Waals surface area contributed by atoms with Crippen molar-refractivity contribution in [2.24, 2.45) is 5.14 Å². The van der Waals surface area contributed by atoms with E-state index in [4.69, 9.17) is 16.7 Å². The number of aryl methyl sites for hydroxylation is 1. The summed E-state index contributed by atoms with van der Waals surface area (Å²) in [5.41, 5.74) is 2.03. The van der Waals surface area contributed by atoms with Crippen LogP contribution in [-0.2, 0) is 10.0 Å². The smallest absolute Gasteiger partial charge is 0.254 e. The van der Waals surface area contributed by atoms with Crippen molar-refractivity contribution in [2.75, 3.05) is 31.1 Å². The molecule has 0 unspecified atom stereocenters. The van der Waals surface area contributed by atoms with Crippen molar-refractivity contribution in [3.63, 3.8) is 0 Å². The molecule has 0 radical (unpaired) electrons. The number of halogens is 1. The molecule has 6 nitrogen and oxygen atoms in total. The number of carbonyl (C=O) groups excluding carboxylic acids is 1. The van der Waals surface area contributed by atoms with E-state index in [1.165, 1.54) is 12.1 Å². The van der Waals surface area contributed by atoms with E-state index >= 15 is 0 Å². The Hall–Kier alpha value is -2.09. The summed E-state index contributed by atoms with van der Waals surface area (Å²) in [7, 11) is -3.85. The largest absolute Gasteiger partial charge is 0.367 e. The molecule has 1 amide bonds. The van der Waals surface area contributed by atoms with Crippen molar-refractivity contribution >= 4 is 33.2 Å². The summed E-state index contributed by atoms with van der Waals surface area (Å²) in [6, 6.07) is 12.0. The average Bonchev–Trinajstić information content (AvgIpc) is 2.61. The Balaban J connectivity index is 1.76. The zero-order chi connectivity index (χ0) is 18.9. The maximum atomic E-state index is 12.9. The van der Waals surface area contributed by atoms with Crippen LogP contribution in [0.1, 0.15) is 15.9 Å². The molecular formula is C18H20ClN3O3S. The van der Waals surface area contributed by atoms with Gasteiger partial charge in [-0.25, -0.2) is 13.6 Å². The lowest BCUT2D eigenvalue weighted by Crippen LogP contribution is -2.49. The first-order chi connectivity index (χ1) is 12.3. The fourth-order valence-electron chi connectivity index (χ4n) is 3.04. The van der Waals surface area contributed by atoms with Crippen molar-refractivity contribution in [3.8, 4) is 0 Å². The van der Waals surface area contributed by atoms with E-state index in [1.807, 2.05) is 24.3 Å². The van der Waals surface area contributed by atoms with Gasteiger partial charge in [0, 0.05) is 31.7 Å². The van der Waals surface area contributed by atoms with E-state index in [0.717, 1.165) is 11.3 Å². The summed E-state index contributed by atoms with van der Waals surface area (Å²) in [5, 5.41) is 5.86. The molecule has 0 atom stereocenters. The molecule has 3 rings (SSSR count). The van der Waals surface area contributed by atoms with Crippen LogP contribution in [0, 0.1) is 6.92 Å². The van der Waals surface area contributed by atoms with Gasteiger partial charge in [0.05, 0.1) is 15.6 Å². The van der Waals surface area contributed by atoms with Crippen LogP contribution in [-0.4, -0.2) is 45.4 Å². The molecule has 0 aromatic heterocycles. The summed E-state index contributed by atoms with van der Waals surface area (Å²) in [5.74, 6) is -0.188. The first-order valence-electron chi connectivity index (χ1n) is 8.19. The fourth-order valence-corrected chi connectivity index (χ4v) is 3.83. The molecule has 0 saturated carbocycles. The number of nitrogens with two attached hydrogens (primary N) is 1. The second-order valence-electron chi connectivity index (χ2n) is 6.25. The molecule has 1 aliphatic rings. The quantitative estimate of drug-likeness (QED) is 0.866. The van der Waals surface area contributed by atoms with Gasteiger partial charge in [0.15, 0.2) is 0 Å². The molecule has 1 saturated heterocycles. The third kappa shape index (κ3) is 3.85. The van der Waals surface area contributed by atoms with Crippen LogP contribution in [0.4, 0.5) is 5.69 Å². The standard InChI is InChI=1S/C18H20ClN3O3S/c1-13-6-7-14(26(20,24)25)12-15(13)18(23)22-10-8-21(9-11-22)17-5-3-2-4-16(17)19/h2-7,12H,8-11H2,1H3,(H2,20,24,25). The Kier molecular flexibility index (Phi) is 5.22. The van der Waals surface area contributed by atoms with E-state index in [1.54, 1.807) is 17.9 Å². The fraction of sp³-hybridized carbons (Fsp3) is 0.278. The zero-order valence-corrected chi connectivity index (χ0v) is 15.9. The Labute approximate surface area is 158 Å². The monoisotopic (exact) mass is 393 g/mol. The highest BCUT2D eigenvalue weighted by atomic mass is 35.5. The second kappa shape index (κ2) is 7.26. The van der Waals surface area contributed by atoms with Crippen LogP contribution in [0.15, 0.2) is 47.4 Å². The number of carbonyl (C=O) groups is 1. The summed E-state index contributed by atoms with van der Waals surface area (Å²) in [6.07, 6.45) is 0. The van der Waals surface area contributed by atoms with E-state index in [0.29, 0.717) is 36.8 Å². The maximum absolute atomic E-state index is 12.9. The van der Waals surface area contributed by atoms with Crippen molar-refractivity contribution < 1.29 is 13.2 Å². The van der Waals surface area contributed by atoms with Gasteiger partial charge in [-0.1, -0.05) is 29.8 Å². The number of hydrogen-bond acceptors (Lipinski definition) is 4. The van der Waals surface area contributed by atoms with Crippen molar-refractivity contribution in [1.82, 2.24) is 4.90 Å². The van der Waals surface area contributed by atoms with Gasteiger partial charge >= 0.3 is 0 Å². The predicted octanol–water partition coefficient (Wildman–Crippen LogP) is 2.26.